The SMILES string of the molecule is CCOc1ccc(NC(=S)NC(=O)c2ccc(OCCc3ccccc3)cc2)cc1. The summed E-state index contributed by atoms with van der Waals surface area (Å²) in [6.45, 7) is 3.12. The number of anilines is 1. The van der Waals surface area contributed by atoms with Gasteiger partial charge in [0.15, 0.2) is 5.11 Å². The van der Waals surface area contributed by atoms with E-state index in [4.69, 9.17) is 21.7 Å². The van der Waals surface area contributed by atoms with Crippen molar-refractivity contribution in [2.75, 3.05) is 18.5 Å². The van der Waals surface area contributed by atoms with Gasteiger partial charge in [-0.05, 0) is 73.2 Å². The Hall–Kier alpha value is -3.38. The number of nitrogens with one attached hydrogen (secondary N) is 2. The van der Waals surface area contributed by atoms with Gasteiger partial charge in [-0.1, -0.05) is 30.3 Å². The summed E-state index contributed by atoms with van der Waals surface area (Å²) in [5.74, 6) is 1.22. The van der Waals surface area contributed by atoms with Gasteiger partial charge in [-0.3, -0.25) is 10.1 Å². The van der Waals surface area contributed by atoms with Gasteiger partial charge in [0.1, 0.15) is 11.5 Å². The summed E-state index contributed by atoms with van der Waals surface area (Å²) in [6, 6.07) is 24.5. The van der Waals surface area contributed by atoms with Crippen molar-refractivity contribution < 1.29 is 14.3 Å². The van der Waals surface area contributed by atoms with Gasteiger partial charge in [0, 0.05) is 17.7 Å². The average Bonchev–Trinajstić information content (AvgIpc) is 2.76. The van der Waals surface area contributed by atoms with E-state index in [-0.39, 0.29) is 11.0 Å². The van der Waals surface area contributed by atoms with Crippen molar-refractivity contribution in [3.05, 3.63) is 90.0 Å². The number of hydrogen-bond acceptors (Lipinski definition) is 4. The summed E-state index contributed by atoms with van der Waals surface area (Å²) in [7, 11) is 0. The van der Waals surface area contributed by atoms with Crippen LogP contribution in [0.3, 0.4) is 0 Å². The molecule has 3 rings (SSSR count). The second-order valence-corrected chi connectivity index (χ2v) is 6.88. The molecule has 0 aliphatic rings. The van der Waals surface area contributed by atoms with Crippen molar-refractivity contribution in [1.29, 1.82) is 0 Å². The van der Waals surface area contributed by atoms with Crippen LogP contribution in [0.15, 0.2) is 78.9 Å². The highest BCUT2D eigenvalue weighted by molar-refractivity contribution is 7.80. The second-order valence-electron chi connectivity index (χ2n) is 6.47. The molecule has 0 aliphatic carbocycles. The van der Waals surface area contributed by atoms with Gasteiger partial charge in [0.05, 0.1) is 13.2 Å². The number of amides is 1. The maximum Gasteiger partial charge on any atom is 0.257 e. The molecule has 0 bridgehead atoms. The van der Waals surface area contributed by atoms with Gasteiger partial charge in [-0.25, -0.2) is 0 Å². The quantitative estimate of drug-likeness (QED) is 0.511. The zero-order chi connectivity index (χ0) is 21.2. The van der Waals surface area contributed by atoms with E-state index in [1.807, 2.05) is 49.4 Å². The minimum absolute atomic E-state index is 0.229. The highest BCUT2D eigenvalue weighted by atomic mass is 32.1. The van der Waals surface area contributed by atoms with E-state index in [1.165, 1.54) is 5.56 Å². The number of ether oxygens (including phenoxy) is 2. The molecule has 0 atom stereocenters. The van der Waals surface area contributed by atoms with Crippen LogP contribution in [0.2, 0.25) is 0 Å². The molecule has 0 heterocycles. The Morgan fingerprint density at radius 3 is 2.17 bits per heavy atom. The van der Waals surface area contributed by atoms with Crippen LogP contribution in [0.4, 0.5) is 5.69 Å². The van der Waals surface area contributed by atoms with Gasteiger partial charge >= 0.3 is 0 Å². The fourth-order valence-electron chi connectivity index (χ4n) is 2.77. The van der Waals surface area contributed by atoms with Crippen molar-refractivity contribution in [2.45, 2.75) is 13.3 Å². The summed E-state index contributed by atoms with van der Waals surface area (Å²) < 4.78 is 11.2. The third kappa shape index (κ3) is 6.60. The van der Waals surface area contributed by atoms with Crippen LogP contribution in [0.25, 0.3) is 0 Å². The Balaban J connectivity index is 1.46. The molecular formula is C24H24N2O3S. The Kier molecular flexibility index (Phi) is 7.80. The Labute approximate surface area is 182 Å². The molecule has 0 saturated carbocycles. The van der Waals surface area contributed by atoms with Crippen LogP contribution in [0, 0.1) is 0 Å². The van der Waals surface area contributed by atoms with Crippen molar-refractivity contribution in [3.8, 4) is 11.5 Å². The molecule has 1 amide bonds. The molecule has 2 N–H and O–H groups in total. The smallest absolute Gasteiger partial charge is 0.257 e. The van der Waals surface area contributed by atoms with E-state index >= 15 is 0 Å². The zero-order valence-corrected chi connectivity index (χ0v) is 17.6. The van der Waals surface area contributed by atoms with Crippen LogP contribution in [-0.4, -0.2) is 24.2 Å². The fourth-order valence-corrected chi connectivity index (χ4v) is 2.98. The lowest BCUT2D eigenvalue weighted by Crippen LogP contribution is -2.34. The highest BCUT2D eigenvalue weighted by Gasteiger charge is 2.08. The molecule has 3 aromatic rings. The molecule has 0 aliphatic heterocycles. The molecule has 0 aromatic heterocycles. The first-order chi connectivity index (χ1) is 14.6. The normalized spacial score (nSPS) is 10.2. The zero-order valence-electron chi connectivity index (χ0n) is 16.8. The monoisotopic (exact) mass is 420 g/mol. The minimum atomic E-state index is -0.283. The van der Waals surface area contributed by atoms with Crippen molar-refractivity contribution >= 4 is 28.9 Å². The van der Waals surface area contributed by atoms with E-state index in [9.17, 15) is 4.79 Å². The minimum Gasteiger partial charge on any atom is -0.494 e. The first kappa shape index (κ1) is 21.3. The van der Waals surface area contributed by atoms with Crippen LogP contribution in [0.5, 0.6) is 11.5 Å². The predicted molar refractivity (Wildman–Crippen MR) is 123 cm³/mol. The number of thiocarbonyl (C=S) groups is 1. The molecule has 0 unspecified atom stereocenters. The lowest BCUT2D eigenvalue weighted by atomic mass is 10.2. The standard InChI is InChI=1S/C24H24N2O3S/c1-2-28-21-14-10-20(11-15-21)25-24(30)26-23(27)19-8-12-22(13-9-19)29-17-16-18-6-4-3-5-7-18/h3-15H,2,16-17H2,1H3,(H2,25,26,27,30). The average molecular weight is 421 g/mol. The second kappa shape index (κ2) is 11.0. The van der Waals surface area contributed by atoms with Gasteiger partial charge in [-0.15, -0.1) is 0 Å². The Morgan fingerprint density at radius 1 is 0.867 bits per heavy atom. The van der Waals surface area contributed by atoms with Crippen molar-refractivity contribution in [3.63, 3.8) is 0 Å². The van der Waals surface area contributed by atoms with Crippen LogP contribution in [-0.2, 0) is 6.42 Å². The number of hydrogen-bond donors (Lipinski definition) is 2. The molecule has 30 heavy (non-hydrogen) atoms. The maximum atomic E-state index is 12.4. The highest BCUT2D eigenvalue weighted by Crippen LogP contribution is 2.16. The number of carbonyl (C=O) groups is 1. The fraction of sp³-hybridized carbons (Fsp3) is 0.167. The van der Waals surface area contributed by atoms with Crippen LogP contribution in [0.1, 0.15) is 22.8 Å². The molecule has 0 radical (unpaired) electrons. The molecule has 0 saturated heterocycles. The molecule has 0 fully saturated rings. The van der Waals surface area contributed by atoms with E-state index in [0.717, 1.165) is 23.6 Å². The number of carbonyl (C=O) groups excluding carboxylic acids is 1. The first-order valence-electron chi connectivity index (χ1n) is 9.76. The van der Waals surface area contributed by atoms with Crippen molar-refractivity contribution in [1.82, 2.24) is 5.32 Å². The summed E-state index contributed by atoms with van der Waals surface area (Å²) in [4.78, 5) is 12.4. The lowest BCUT2D eigenvalue weighted by molar-refractivity contribution is 0.0977. The summed E-state index contributed by atoms with van der Waals surface area (Å²) >= 11 is 5.23. The molecule has 0 spiro atoms. The lowest BCUT2D eigenvalue weighted by Gasteiger charge is -2.11. The Morgan fingerprint density at radius 2 is 1.50 bits per heavy atom. The topological polar surface area (TPSA) is 59.6 Å². The largest absolute Gasteiger partial charge is 0.494 e. The molecule has 6 heteroatoms. The van der Waals surface area contributed by atoms with Gasteiger partial charge in [0.2, 0.25) is 0 Å². The van der Waals surface area contributed by atoms with E-state index < -0.39 is 0 Å². The van der Waals surface area contributed by atoms with Gasteiger partial charge in [0.25, 0.3) is 5.91 Å². The third-order valence-electron chi connectivity index (χ3n) is 4.27. The van der Waals surface area contributed by atoms with Gasteiger partial charge < -0.3 is 14.8 Å². The molecule has 5 nitrogen and oxygen atoms in total. The third-order valence-corrected chi connectivity index (χ3v) is 4.47. The van der Waals surface area contributed by atoms with Gasteiger partial charge in [-0.2, -0.15) is 0 Å². The summed E-state index contributed by atoms with van der Waals surface area (Å²) in [5.41, 5.74) is 2.49. The van der Waals surface area contributed by atoms with Crippen molar-refractivity contribution in [2.24, 2.45) is 0 Å². The maximum absolute atomic E-state index is 12.4. The molecular weight excluding hydrogens is 396 g/mol. The summed E-state index contributed by atoms with van der Waals surface area (Å²) in [5, 5.41) is 5.89. The molecule has 154 valence electrons. The van der Waals surface area contributed by atoms with E-state index in [1.54, 1.807) is 24.3 Å². The predicted octanol–water partition coefficient (Wildman–Crippen LogP) is 4.83. The molecule has 3 aromatic carbocycles. The number of rotatable bonds is 8. The Bertz CT molecular complexity index is 958. The van der Waals surface area contributed by atoms with Crippen LogP contribution < -0.4 is 20.1 Å². The van der Waals surface area contributed by atoms with Crippen LogP contribution >= 0.6 is 12.2 Å². The summed E-state index contributed by atoms with van der Waals surface area (Å²) in [6.07, 6.45) is 0.828. The van der Waals surface area contributed by atoms with E-state index in [0.29, 0.717) is 18.8 Å². The first-order valence-corrected chi connectivity index (χ1v) is 10.2. The van der Waals surface area contributed by atoms with E-state index in [2.05, 4.69) is 22.8 Å². The number of benzene rings is 3.